The SMILES string of the molecule is C(#Cc1cc(C#Cc2ccncc2)c2[nH]c3ccccc3c2c1)c1ccncc1. The summed E-state index contributed by atoms with van der Waals surface area (Å²) in [4.78, 5) is 11.6. The molecule has 0 aliphatic heterocycles. The average molecular weight is 369 g/mol. The first-order valence-electron chi connectivity index (χ1n) is 9.25. The van der Waals surface area contributed by atoms with Crippen LogP contribution in [0.25, 0.3) is 21.8 Å². The maximum atomic E-state index is 4.05. The van der Waals surface area contributed by atoms with E-state index in [9.17, 15) is 0 Å². The van der Waals surface area contributed by atoms with Gasteiger partial charge in [0, 0.05) is 57.8 Å². The predicted octanol–water partition coefficient (Wildman–Crippen LogP) is 4.91. The zero-order chi connectivity index (χ0) is 19.5. The summed E-state index contributed by atoms with van der Waals surface area (Å²) in [7, 11) is 0. The zero-order valence-electron chi connectivity index (χ0n) is 15.5. The van der Waals surface area contributed by atoms with Gasteiger partial charge in [0.05, 0.1) is 11.1 Å². The molecule has 134 valence electrons. The zero-order valence-corrected chi connectivity index (χ0v) is 15.5. The summed E-state index contributed by atoms with van der Waals surface area (Å²) in [5.74, 6) is 13.0. The lowest BCUT2D eigenvalue weighted by Crippen LogP contribution is -1.84. The second-order valence-electron chi connectivity index (χ2n) is 6.59. The van der Waals surface area contributed by atoms with Gasteiger partial charge in [-0.3, -0.25) is 9.97 Å². The van der Waals surface area contributed by atoms with E-state index in [0.29, 0.717) is 0 Å². The molecular weight excluding hydrogens is 354 g/mol. The van der Waals surface area contributed by atoms with Crippen molar-refractivity contribution in [2.75, 3.05) is 0 Å². The van der Waals surface area contributed by atoms with E-state index in [1.807, 2.05) is 42.5 Å². The molecule has 1 N–H and O–H groups in total. The average Bonchev–Trinajstić information content (AvgIpc) is 3.16. The monoisotopic (exact) mass is 369 g/mol. The van der Waals surface area contributed by atoms with Crippen LogP contribution in [-0.4, -0.2) is 15.0 Å². The Labute approximate surface area is 168 Å². The van der Waals surface area contributed by atoms with E-state index in [1.54, 1.807) is 24.8 Å². The molecule has 3 aromatic heterocycles. The second kappa shape index (κ2) is 7.35. The van der Waals surface area contributed by atoms with Crippen LogP contribution < -0.4 is 0 Å². The topological polar surface area (TPSA) is 41.6 Å². The van der Waals surface area contributed by atoms with E-state index in [-0.39, 0.29) is 0 Å². The van der Waals surface area contributed by atoms with E-state index in [0.717, 1.165) is 38.7 Å². The molecule has 0 atom stereocenters. The number of benzene rings is 2. The van der Waals surface area contributed by atoms with Gasteiger partial charge >= 0.3 is 0 Å². The Balaban J connectivity index is 1.70. The van der Waals surface area contributed by atoms with Crippen LogP contribution in [0.2, 0.25) is 0 Å². The number of nitrogens with zero attached hydrogens (tertiary/aromatic N) is 2. The highest BCUT2D eigenvalue weighted by molar-refractivity contribution is 6.09. The number of fused-ring (bicyclic) bond motifs is 3. The number of rotatable bonds is 0. The maximum Gasteiger partial charge on any atom is 0.0624 e. The molecule has 0 fully saturated rings. The van der Waals surface area contributed by atoms with E-state index < -0.39 is 0 Å². The third kappa shape index (κ3) is 3.46. The fourth-order valence-electron chi connectivity index (χ4n) is 3.28. The molecule has 0 spiro atoms. The van der Waals surface area contributed by atoms with Gasteiger partial charge in [-0.25, -0.2) is 0 Å². The van der Waals surface area contributed by atoms with E-state index in [2.05, 4.69) is 56.8 Å². The summed E-state index contributed by atoms with van der Waals surface area (Å²) in [6.45, 7) is 0. The third-order valence-electron chi connectivity index (χ3n) is 4.67. The van der Waals surface area contributed by atoms with Crippen LogP contribution in [0.3, 0.4) is 0 Å². The van der Waals surface area contributed by atoms with Crippen LogP contribution >= 0.6 is 0 Å². The fraction of sp³-hybridized carbons (Fsp3) is 0. The molecule has 0 unspecified atom stereocenters. The van der Waals surface area contributed by atoms with Gasteiger partial charge in [-0.1, -0.05) is 41.9 Å². The Kier molecular flexibility index (Phi) is 4.26. The number of nitrogens with one attached hydrogen (secondary N) is 1. The molecule has 0 radical (unpaired) electrons. The molecule has 0 amide bonds. The van der Waals surface area contributed by atoms with Gasteiger partial charge in [-0.05, 0) is 42.5 Å². The van der Waals surface area contributed by atoms with Crippen LogP contribution in [0.15, 0.2) is 85.5 Å². The molecule has 5 rings (SSSR count). The Morgan fingerprint density at radius 1 is 0.586 bits per heavy atom. The van der Waals surface area contributed by atoms with Gasteiger partial charge in [0.1, 0.15) is 0 Å². The summed E-state index contributed by atoms with van der Waals surface area (Å²) in [5, 5.41) is 2.29. The summed E-state index contributed by atoms with van der Waals surface area (Å²) >= 11 is 0. The van der Waals surface area contributed by atoms with E-state index in [1.165, 1.54) is 5.39 Å². The van der Waals surface area contributed by atoms with Crippen LogP contribution in [0.4, 0.5) is 0 Å². The van der Waals surface area contributed by atoms with Crippen molar-refractivity contribution in [2.24, 2.45) is 0 Å². The van der Waals surface area contributed by atoms with E-state index >= 15 is 0 Å². The molecule has 0 aliphatic carbocycles. The van der Waals surface area contributed by atoms with Crippen molar-refractivity contribution in [3.05, 3.63) is 108 Å². The molecule has 3 heterocycles. The number of hydrogen-bond donors (Lipinski definition) is 1. The normalized spacial score (nSPS) is 10.2. The summed E-state index contributed by atoms with van der Waals surface area (Å²) in [6.07, 6.45) is 7.00. The minimum Gasteiger partial charge on any atom is -0.353 e. The van der Waals surface area contributed by atoms with Gasteiger partial charge in [-0.15, -0.1) is 0 Å². The van der Waals surface area contributed by atoms with Crippen molar-refractivity contribution in [3.8, 4) is 23.7 Å². The number of H-pyrrole nitrogens is 1. The molecular formula is C26H15N3. The highest BCUT2D eigenvalue weighted by Gasteiger charge is 2.08. The molecule has 2 aromatic carbocycles. The smallest absolute Gasteiger partial charge is 0.0624 e. The highest BCUT2D eigenvalue weighted by Crippen LogP contribution is 2.28. The lowest BCUT2D eigenvalue weighted by molar-refractivity contribution is 1.32. The first kappa shape index (κ1) is 16.8. The van der Waals surface area contributed by atoms with Crippen molar-refractivity contribution < 1.29 is 0 Å². The van der Waals surface area contributed by atoms with Crippen LogP contribution in [0.1, 0.15) is 22.3 Å². The molecule has 0 aliphatic rings. The van der Waals surface area contributed by atoms with E-state index in [4.69, 9.17) is 0 Å². The lowest BCUT2D eigenvalue weighted by atomic mass is 10.0. The predicted molar refractivity (Wildman–Crippen MR) is 116 cm³/mol. The lowest BCUT2D eigenvalue weighted by Gasteiger charge is -1.99. The summed E-state index contributed by atoms with van der Waals surface area (Å²) < 4.78 is 0. The Morgan fingerprint density at radius 3 is 1.93 bits per heavy atom. The Bertz CT molecular complexity index is 1440. The minimum atomic E-state index is 0.926. The molecule has 29 heavy (non-hydrogen) atoms. The molecule has 3 nitrogen and oxygen atoms in total. The van der Waals surface area contributed by atoms with Crippen LogP contribution in [0, 0.1) is 23.7 Å². The van der Waals surface area contributed by atoms with Crippen molar-refractivity contribution in [1.82, 2.24) is 15.0 Å². The fourth-order valence-corrected chi connectivity index (χ4v) is 3.28. The number of aromatic amines is 1. The van der Waals surface area contributed by atoms with Gasteiger partial charge < -0.3 is 4.98 Å². The summed E-state index contributed by atoms with van der Waals surface area (Å²) in [6, 6.07) is 20.1. The number of hydrogen-bond acceptors (Lipinski definition) is 2. The minimum absolute atomic E-state index is 0.926. The standard InChI is InChI=1S/C26H15N3/c1-2-4-25-23(3-1)24-18-21(6-5-19-9-13-27-14-10-19)17-22(26(24)29-25)8-7-20-11-15-28-16-12-20/h1-4,9-18,29H. The van der Waals surface area contributed by atoms with Crippen LogP contribution in [0.5, 0.6) is 0 Å². The third-order valence-corrected chi connectivity index (χ3v) is 4.67. The van der Waals surface area contributed by atoms with Crippen LogP contribution in [-0.2, 0) is 0 Å². The highest BCUT2D eigenvalue weighted by atomic mass is 14.7. The second-order valence-corrected chi connectivity index (χ2v) is 6.59. The molecule has 0 saturated carbocycles. The van der Waals surface area contributed by atoms with Crippen molar-refractivity contribution in [3.63, 3.8) is 0 Å². The first-order valence-corrected chi connectivity index (χ1v) is 9.25. The van der Waals surface area contributed by atoms with Gasteiger partial charge in [-0.2, -0.15) is 0 Å². The van der Waals surface area contributed by atoms with Gasteiger partial charge in [0.2, 0.25) is 0 Å². The number of para-hydroxylation sites is 1. The Morgan fingerprint density at radius 2 is 1.21 bits per heavy atom. The van der Waals surface area contributed by atoms with Crippen molar-refractivity contribution >= 4 is 21.8 Å². The number of aromatic nitrogens is 3. The summed E-state index contributed by atoms with van der Waals surface area (Å²) in [5.41, 5.74) is 5.84. The van der Waals surface area contributed by atoms with Crippen molar-refractivity contribution in [1.29, 1.82) is 0 Å². The largest absolute Gasteiger partial charge is 0.353 e. The number of pyridine rings is 2. The maximum absolute atomic E-state index is 4.05. The molecule has 5 aromatic rings. The molecule has 3 heteroatoms. The quantitative estimate of drug-likeness (QED) is 0.394. The molecule has 0 saturated heterocycles. The van der Waals surface area contributed by atoms with Crippen molar-refractivity contribution in [2.45, 2.75) is 0 Å². The molecule has 0 bridgehead atoms. The first-order chi connectivity index (χ1) is 14.4. The van der Waals surface area contributed by atoms with Gasteiger partial charge in [0.15, 0.2) is 0 Å². The Hall–Kier alpha value is -4.34. The van der Waals surface area contributed by atoms with Gasteiger partial charge in [0.25, 0.3) is 0 Å².